The lowest BCUT2D eigenvalue weighted by molar-refractivity contribution is 0.440. The molecule has 2 aliphatic rings. The number of fused-ring (bicyclic) bond motifs is 1. The first kappa shape index (κ1) is 15.2. The van der Waals surface area contributed by atoms with Crippen molar-refractivity contribution < 1.29 is 12.8 Å². The third-order valence-electron chi connectivity index (χ3n) is 4.32. The van der Waals surface area contributed by atoms with E-state index in [0.29, 0.717) is 28.7 Å². The Labute approximate surface area is 139 Å². The summed E-state index contributed by atoms with van der Waals surface area (Å²) in [5.41, 5.74) is 1.40. The van der Waals surface area contributed by atoms with Crippen molar-refractivity contribution in [3.8, 4) is 0 Å². The monoisotopic (exact) mass is 355 g/mol. The highest BCUT2D eigenvalue weighted by atomic mass is 35.5. The number of halogens is 1. The van der Waals surface area contributed by atoms with Gasteiger partial charge in [-0.25, -0.2) is 13.1 Å². The number of nitrogens with zero attached hydrogens (tertiary/aromatic N) is 2. The van der Waals surface area contributed by atoms with Crippen LogP contribution in [0.1, 0.15) is 25.7 Å². The van der Waals surface area contributed by atoms with Crippen LogP contribution in [-0.4, -0.2) is 37.8 Å². The second-order valence-corrected chi connectivity index (χ2v) is 8.68. The van der Waals surface area contributed by atoms with Gasteiger partial charge in [-0.2, -0.15) is 4.98 Å². The molecule has 23 heavy (non-hydrogen) atoms. The Morgan fingerprint density at radius 1 is 1.30 bits per heavy atom. The molecule has 1 saturated heterocycles. The summed E-state index contributed by atoms with van der Waals surface area (Å²) in [6.07, 6.45) is 3.29. The molecule has 1 saturated carbocycles. The van der Waals surface area contributed by atoms with Gasteiger partial charge in [0.05, 0.1) is 5.25 Å². The summed E-state index contributed by atoms with van der Waals surface area (Å²) in [4.78, 5) is 6.47. The van der Waals surface area contributed by atoms with Crippen LogP contribution >= 0.6 is 11.6 Å². The summed E-state index contributed by atoms with van der Waals surface area (Å²) < 4.78 is 32.8. The zero-order chi connectivity index (χ0) is 16.0. The first-order valence-corrected chi connectivity index (χ1v) is 9.76. The van der Waals surface area contributed by atoms with Gasteiger partial charge in [0.1, 0.15) is 5.52 Å². The molecule has 124 valence electrons. The van der Waals surface area contributed by atoms with Crippen LogP contribution in [0, 0.1) is 0 Å². The highest BCUT2D eigenvalue weighted by molar-refractivity contribution is 7.90. The predicted molar refractivity (Wildman–Crippen MR) is 89.3 cm³/mol. The molecule has 4 rings (SSSR count). The molecule has 1 N–H and O–H groups in total. The average Bonchev–Trinajstić information content (AvgIpc) is 3.28. The van der Waals surface area contributed by atoms with Crippen LogP contribution in [0.5, 0.6) is 0 Å². The van der Waals surface area contributed by atoms with E-state index in [-0.39, 0.29) is 11.3 Å². The lowest BCUT2D eigenvalue weighted by atomic mass is 10.1. The third-order valence-corrected chi connectivity index (χ3v) is 6.57. The molecule has 1 aliphatic carbocycles. The number of benzene rings is 1. The third kappa shape index (κ3) is 3.18. The van der Waals surface area contributed by atoms with Gasteiger partial charge in [-0.15, -0.1) is 0 Å². The number of rotatable bonds is 4. The van der Waals surface area contributed by atoms with E-state index in [1.807, 2.05) is 4.90 Å². The second-order valence-electron chi connectivity index (χ2n) is 6.26. The Morgan fingerprint density at radius 3 is 2.91 bits per heavy atom. The Kier molecular flexibility index (Phi) is 3.74. The maximum absolute atomic E-state index is 12.1. The van der Waals surface area contributed by atoms with Gasteiger partial charge in [0.15, 0.2) is 5.58 Å². The van der Waals surface area contributed by atoms with Crippen LogP contribution in [0.3, 0.4) is 0 Å². The summed E-state index contributed by atoms with van der Waals surface area (Å²) in [5.74, 6) is 0. The lowest BCUT2D eigenvalue weighted by Gasteiger charge is -2.31. The molecule has 8 heteroatoms. The van der Waals surface area contributed by atoms with E-state index < -0.39 is 10.0 Å². The molecule has 1 atom stereocenters. The van der Waals surface area contributed by atoms with Crippen molar-refractivity contribution in [2.24, 2.45) is 0 Å². The van der Waals surface area contributed by atoms with E-state index in [2.05, 4.69) is 9.71 Å². The van der Waals surface area contributed by atoms with E-state index >= 15 is 0 Å². The Morgan fingerprint density at radius 2 is 2.13 bits per heavy atom. The number of aromatic nitrogens is 1. The maximum Gasteiger partial charge on any atom is 0.298 e. The average molecular weight is 356 g/mol. The quantitative estimate of drug-likeness (QED) is 0.912. The van der Waals surface area contributed by atoms with Crippen molar-refractivity contribution >= 4 is 38.7 Å². The SMILES string of the molecule is O=S(=O)(NC1CCCN(c2nc3cc(Cl)ccc3o2)C1)C1CC1. The normalized spacial score (nSPS) is 22.7. The van der Waals surface area contributed by atoms with Crippen molar-refractivity contribution in [3.63, 3.8) is 0 Å². The van der Waals surface area contributed by atoms with Gasteiger partial charge >= 0.3 is 0 Å². The standard InChI is InChI=1S/C15H18ClN3O3S/c16-10-3-6-14-13(8-10)17-15(22-14)19-7-1-2-11(9-19)18-23(20,21)12-4-5-12/h3,6,8,11-12,18H,1-2,4-5,7,9H2. The molecule has 0 spiro atoms. The molecule has 1 aromatic carbocycles. The molecular weight excluding hydrogens is 338 g/mol. The van der Waals surface area contributed by atoms with Gasteiger partial charge in [0.25, 0.3) is 6.01 Å². The summed E-state index contributed by atoms with van der Waals surface area (Å²) in [6, 6.07) is 5.76. The van der Waals surface area contributed by atoms with Crippen molar-refractivity contribution in [3.05, 3.63) is 23.2 Å². The predicted octanol–water partition coefficient (Wildman–Crippen LogP) is 2.53. The fourth-order valence-corrected chi connectivity index (χ4v) is 4.75. The highest BCUT2D eigenvalue weighted by Gasteiger charge is 2.38. The minimum Gasteiger partial charge on any atom is -0.423 e. The largest absolute Gasteiger partial charge is 0.423 e. The van der Waals surface area contributed by atoms with Crippen LogP contribution in [0.15, 0.2) is 22.6 Å². The van der Waals surface area contributed by atoms with Gasteiger partial charge in [-0.1, -0.05) is 11.6 Å². The van der Waals surface area contributed by atoms with E-state index in [4.69, 9.17) is 16.0 Å². The van der Waals surface area contributed by atoms with Gasteiger partial charge in [-0.3, -0.25) is 0 Å². The van der Waals surface area contributed by atoms with E-state index in [9.17, 15) is 8.42 Å². The fraction of sp³-hybridized carbons (Fsp3) is 0.533. The number of oxazole rings is 1. The number of hydrogen-bond acceptors (Lipinski definition) is 5. The number of sulfonamides is 1. The van der Waals surface area contributed by atoms with E-state index in [1.165, 1.54) is 0 Å². The van der Waals surface area contributed by atoms with Crippen LogP contribution in [0.2, 0.25) is 5.02 Å². The molecule has 6 nitrogen and oxygen atoms in total. The Bertz CT molecular complexity index is 832. The number of nitrogens with one attached hydrogen (secondary N) is 1. The molecule has 0 bridgehead atoms. The van der Waals surface area contributed by atoms with Crippen LogP contribution in [-0.2, 0) is 10.0 Å². The zero-order valence-corrected chi connectivity index (χ0v) is 14.1. The van der Waals surface area contributed by atoms with Crippen molar-refractivity contribution in [1.82, 2.24) is 9.71 Å². The molecule has 0 amide bonds. The Hall–Kier alpha value is -1.31. The summed E-state index contributed by atoms with van der Waals surface area (Å²) in [6.45, 7) is 1.38. The molecule has 2 fully saturated rings. The van der Waals surface area contributed by atoms with Crippen LogP contribution < -0.4 is 9.62 Å². The van der Waals surface area contributed by atoms with Crippen LogP contribution in [0.4, 0.5) is 6.01 Å². The molecular formula is C15H18ClN3O3S. The lowest BCUT2D eigenvalue weighted by Crippen LogP contribution is -2.48. The molecule has 1 unspecified atom stereocenters. The zero-order valence-electron chi connectivity index (χ0n) is 12.5. The maximum atomic E-state index is 12.1. The topological polar surface area (TPSA) is 75.4 Å². The first-order valence-electron chi connectivity index (χ1n) is 7.83. The van der Waals surface area contributed by atoms with Gasteiger partial charge in [0.2, 0.25) is 10.0 Å². The van der Waals surface area contributed by atoms with Gasteiger partial charge in [-0.05, 0) is 43.9 Å². The molecule has 2 heterocycles. The number of anilines is 1. The van der Waals surface area contributed by atoms with Crippen molar-refractivity contribution in [2.45, 2.75) is 37.0 Å². The minimum absolute atomic E-state index is 0.0899. The number of hydrogen-bond donors (Lipinski definition) is 1. The molecule has 1 aromatic heterocycles. The molecule has 1 aliphatic heterocycles. The van der Waals surface area contributed by atoms with Crippen LogP contribution in [0.25, 0.3) is 11.1 Å². The first-order chi connectivity index (χ1) is 11.0. The number of piperidine rings is 1. The second kappa shape index (κ2) is 5.65. The smallest absolute Gasteiger partial charge is 0.298 e. The molecule has 0 radical (unpaired) electrons. The Balaban J connectivity index is 1.51. The fourth-order valence-electron chi connectivity index (χ4n) is 2.98. The summed E-state index contributed by atoms with van der Waals surface area (Å²) in [5, 5.41) is 0.426. The van der Waals surface area contributed by atoms with Gasteiger partial charge < -0.3 is 9.32 Å². The van der Waals surface area contributed by atoms with Gasteiger partial charge in [0, 0.05) is 24.2 Å². The van der Waals surface area contributed by atoms with E-state index in [1.54, 1.807) is 18.2 Å². The minimum atomic E-state index is -3.17. The van der Waals surface area contributed by atoms with Crippen molar-refractivity contribution in [2.75, 3.05) is 18.0 Å². The molecule has 2 aromatic rings. The summed E-state index contributed by atoms with van der Waals surface area (Å²) >= 11 is 5.97. The van der Waals surface area contributed by atoms with Crippen molar-refractivity contribution in [1.29, 1.82) is 0 Å². The highest BCUT2D eigenvalue weighted by Crippen LogP contribution is 2.29. The van der Waals surface area contributed by atoms with E-state index in [0.717, 1.165) is 32.2 Å². The summed E-state index contributed by atoms with van der Waals surface area (Å²) in [7, 11) is -3.17.